The molecular weight excluding hydrogens is 426 g/mol. The van der Waals surface area contributed by atoms with Crippen LogP contribution in [0.1, 0.15) is 46.7 Å². The first-order chi connectivity index (χ1) is 15.6. The monoisotopic (exact) mass is 449 g/mol. The van der Waals surface area contributed by atoms with Crippen molar-refractivity contribution in [3.63, 3.8) is 0 Å². The molecule has 0 unspecified atom stereocenters. The van der Waals surface area contributed by atoms with Gasteiger partial charge in [0.15, 0.2) is 5.11 Å². The van der Waals surface area contributed by atoms with Gasteiger partial charge in [0.2, 0.25) is 0 Å². The molecule has 0 spiro atoms. The van der Waals surface area contributed by atoms with Crippen molar-refractivity contribution in [1.29, 1.82) is 0 Å². The van der Waals surface area contributed by atoms with E-state index in [-0.39, 0.29) is 23.8 Å². The van der Waals surface area contributed by atoms with Crippen molar-refractivity contribution in [3.05, 3.63) is 77.8 Å². The SMILES string of the molecule is O=C(O)c1ccccc1-c1ccc([C@@H]2[C@@H](c3ccccn3)NC(=S)N2C[C@@H]2CCCO2)o1. The minimum Gasteiger partial charge on any atom is -0.478 e. The van der Waals surface area contributed by atoms with E-state index in [1.165, 1.54) is 0 Å². The van der Waals surface area contributed by atoms with Crippen LogP contribution in [0.3, 0.4) is 0 Å². The third-order valence-electron chi connectivity index (χ3n) is 5.96. The van der Waals surface area contributed by atoms with Gasteiger partial charge in [0.25, 0.3) is 0 Å². The molecular formula is C24H23N3O4S. The molecule has 164 valence electrons. The third-order valence-corrected chi connectivity index (χ3v) is 6.32. The molecule has 2 aromatic heterocycles. The number of ether oxygens (including phenoxy) is 1. The number of carboxylic acids is 1. The predicted octanol–water partition coefficient (Wildman–Crippen LogP) is 4.19. The number of nitrogens with one attached hydrogen (secondary N) is 1. The molecule has 0 radical (unpaired) electrons. The number of thiocarbonyl (C=S) groups is 1. The second kappa shape index (κ2) is 8.72. The lowest BCUT2D eigenvalue weighted by atomic mass is 10.0. The first kappa shape index (κ1) is 20.7. The van der Waals surface area contributed by atoms with Gasteiger partial charge in [0.1, 0.15) is 17.6 Å². The molecule has 5 rings (SSSR count). The number of pyridine rings is 1. The van der Waals surface area contributed by atoms with Crippen LogP contribution in [0, 0.1) is 0 Å². The molecule has 32 heavy (non-hydrogen) atoms. The summed E-state index contributed by atoms with van der Waals surface area (Å²) in [5, 5.41) is 13.6. The van der Waals surface area contributed by atoms with E-state index in [2.05, 4.69) is 15.2 Å². The Hall–Kier alpha value is -3.23. The van der Waals surface area contributed by atoms with Gasteiger partial charge in [-0.1, -0.05) is 24.3 Å². The molecule has 0 amide bonds. The minimum absolute atomic E-state index is 0.113. The lowest BCUT2D eigenvalue weighted by Gasteiger charge is -2.28. The lowest BCUT2D eigenvalue weighted by molar-refractivity contribution is 0.0697. The second-order valence-electron chi connectivity index (χ2n) is 7.97. The summed E-state index contributed by atoms with van der Waals surface area (Å²) >= 11 is 5.70. The average Bonchev–Trinajstić information content (AvgIpc) is 3.56. The first-order valence-electron chi connectivity index (χ1n) is 10.6. The van der Waals surface area contributed by atoms with Gasteiger partial charge in [-0.05, 0) is 55.4 Å². The Labute approximate surface area is 191 Å². The molecule has 7 nitrogen and oxygen atoms in total. The standard InChI is InChI=1S/C24H23N3O4S/c28-23(29)17-8-2-1-7-16(17)19-10-11-20(31-19)22-21(18-9-3-4-12-25-18)26-24(32)27(22)14-15-6-5-13-30-15/h1-4,7-12,15,21-22H,5-6,13-14H2,(H,26,32)(H,28,29)/t15-,21+,22+/m0/s1. The quantitative estimate of drug-likeness (QED) is 0.542. The summed E-state index contributed by atoms with van der Waals surface area (Å²) < 4.78 is 12.1. The molecule has 2 aliphatic rings. The van der Waals surface area contributed by atoms with Crippen LogP contribution in [0.4, 0.5) is 0 Å². The molecule has 2 aliphatic heterocycles. The summed E-state index contributed by atoms with van der Waals surface area (Å²) in [7, 11) is 0. The van der Waals surface area contributed by atoms with Crippen molar-refractivity contribution in [2.75, 3.05) is 13.2 Å². The van der Waals surface area contributed by atoms with Gasteiger partial charge in [-0.15, -0.1) is 0 Å². The zero-order valence-corrected chi connectivity index (χ0v) is 18.1. The fourth-order valence-corrected chi connectivity index (χ4v) is 4.77. The topological polar surface area (TPSA) is 87.8 Å². The minimum atomic E-state index is -0.992. The van der Waals surface area contributed by atoms with Gasteiger partial charge >= 0.3 is 5.97 Å². The van der Waals surface area contributed by atoms with Crippen molar-refractivity contribution < 1.29 is 19.1 Å². The molecule has 2 saturated heterocycles. The van der Waals surface area contributed by atoms with E-state index in [4.69, 9.17) is 21.4 Å². The van der Waals surface area contributed by atoms with Crippen LogP contribution in [-0.2, 0) is 4.74 Å². The van der Waals surface area contributed by atoms with E-state index < -0.39 is 5.97 Å². The first-order valence-corrected chi connectivity index (χ1v) is 11.0. The molecule has 3 atom stereocenters. The normalized spacial score (nSPS) is 22.8. The Bertz CT molecular complexity index is 1130. The van der Waals surface area contributed by atoms with E-state index >= 15 is 0 Å². The smallest absolute Gasteiger partial charge is 0.336 e. The highest BCUT2D eigenvalue weighted by atomic mass is 32.1. The van der Waals surface area contributed by atoms with Gasteiger partial charge < -0.3 is 24.5 Å². The van der Waals surface area contributed by atoms with Crippen molar-refractivity contribution in [1.82, 2.24) is 15.2 Å². The van der Waals surface area contributed by atoms with Crippen LogP contribution in [0.25, 0.3) is 11.3 Å². The maximum absolute atomic E-state index is 11.7. The number of hydrogen-bond acceptors (Lipinski definition) is 5. The van der Waals surface area contributed by atoms with E-state index in [1.807, 2.05) is 30.3 Å². The number of carboxylic acid groups (broad SMARTS) is 1. The van der Waals surface area contributed by atoms with E-state index in [0.717, 1.165) is 25.1 Å². The van der Waals surface area contributed by atoms with Crippen LogP contribution in [-0.4, -0.2) is 45.3 Å². The molecule has 2 fully saturated rings. The molecule has 0 aliphatic carbocycles. The predicted molar refractivity (Wildman–Crippen MR) is 122 cm³/mol. The fourth-order valence-electron chi connectivity index (χ4n) is 4.46. The van der Waals surface area contributed by atoms with E-state index in [9.17, 15) is 9.90 Å². The second-order valence-corrected chi connectivity index (χ2v) is 8.35. The Balaban J connectivity index is 1.53. The highest BCUT2D eigenvalue weighted by Crippen LogP contribution is 2.41. The number of carbonyl (C=O) groups is 1. The molecule has 1 aromatic carbocycles. The Morgan fingerprint density at radius 3 is 2.78 bits per heavy atom. The Morgan fingerprint density at radius 2 is 2.03 bits per heavy atom. The molecule has 4 heterocycles. The van der Waals surface area contributed by atoms with Gasteiger partial charge in [-0.3, -0.25) is 4.98 Å². The maximum atomic E-state index is 11.7. The van der Waals surface area contributed by atoms with Gasteiger partial charge in [0.05, 0.1) is 23.4 Å². The van der Waals surface area contributed by atoms with Gasteiger partial charge in [0, 0.05) is 24.9 Å². The molecule has 0 saturated carbocycles. The number of nitrogens with zero attached hydrogens (tertiary/aromatic N) is 2. The number of aromatic nitrogens is 1. The number of hydrogen-bond donors (Lipinski definition) is 2. The zero-order valence-electron chi connectivity index (χ0n) is 17.3. The average molecular weight is 450 g/mol. The highest BCUT2D eigenvalue weighted by molar-refractivity contribution is 7.80. The lowest BCUT2D eigenvalue weighted by Crippen LogP contribution is -2.36. The summed E-state index contributed by atoms with van der Waals surface area (Å²) in [5.74, 6) is 0.211. The van der Waals surface area contributed by atoms with Crippen LogP contribution in [0.5, 0.6) is 0 Å². The van der Waals surface area contributed by atoms with E-state index in [1.54, 1.807) is 30.5 Å². The number of rotatable bonds is 6. The van der Waals surface area contributed by atoms with Crippen LogP contribution in [0.2, 0.25) is 0 Å². The van der Waals surface area contributed by atoms with Crippen molar-refractivity contribution in [2.45, 2.75) is 31.0 Å². The van der Waals surface area contributed by atoms with Crippen molar-refractivity contribution in [2.24, 2.45) is 0 Å². The summed E-state index contributed by atoms with van der Waals surface area (Å²) in [6, 6.07) is 15.9. The molecule has 8 heteroatoms. The zero-order chi connectivity index (χ0) is 22.1. The van der Waals surface area contributed by atoms with E-state index in [0.29, 0.717) is 28.7 Å². The van der Waals surface area contributed by atoms with Gasteiger partial charge in [-0.25, -0.2) is 4.79 Å². The fraction of sp³-hybridized carbons (Fsp3) is 0.292. The third kappa shape index (κ3) is 3.87. The molecule has 0 bridgehead atoms. The highest BCUT2D eigenvalue weighted by Gasteiger charge is 2.43. The number of benzene rings is 1. The van der Waals surface area contributed by atoms with Gasteiger partial charge in [-0.2, -0.15) is 0 Å². The maximum Gasteiger partial charge on any atom is 0.336 e. The summed E-state index contributed by atoms with van der Waals surface area (Å²) in [6.45, 7) is 1.42. The Morgan fingerprint density at radius 1 is 1.19 bits per heavy atom. The molecule has 2 N–H and O–H groups in total. The number of aromatic carboxylic acids is 1. The van der Waals surface area contributed by atoms with Crippen LogP contribution >= 0.6 is 12.2 Å². The Kier molecular flexibility index (Phi) is 5.63. The summed E-state index contributed by atoms with van der Waals surface area (Å²) in [5.41, 5.74) is 1.60. The number of furan rings is 1. The van der Waals surface area contributed by atoms with Crippen molar-refractivity contribution >= 4 is 23.3 Å². The summed E-state index contributed by atoms with van der Waals surface area (Å²) in [4.78, 5) is 18.3. The summed E-state index contributed by atoms with van der Waals surface area (Å²) in [6.07, 6.45) is 3.91. The molecule has 3 aromatic rings. The van der Waals surface area contributed by atoms with Crippen molar-refractivity contribution in [3.8, 4) is 11.3 Å². The van der Waals surface area contributed by atoms with Crippen LogP contribution < -0.4 is 5.32 Å². The van der Waals surface area contributed by atoms with Crippen LogP contribution in [0.15, 0.2) is 65.2 Å². The largest absolute Gasteiger partial charge is 0.478 e.